The highest BCUT2D eigenvalue weighted by atomic mass is 19.1. The van der Waals surface area contributed by atoms with Crippen LogP contribution < -0.4 is 10.1 Å². The molecule has 0 radical (unpaired) electrons. The number of carbonyl (C=O) groups is 3. The second kappa shape index (κ2) is 10.4. The number of hydrogen-bond acceptors (Lipinski definition) is 18. The number of rotatable bonds is 6. The smallest absolute Gasteiger partial charge is 0.356 e. The lowest BCUT2D eigenvalue weighted by Gasteiger charge is -2.55. The fourth-order valence-electron chi connectivity index (χ4n) is 5.14. The maximum Gasteiger partial charge on any atom is 0.356 e. The van der Waals surface area contributed by atoms with E-state index in [4.69, 9.17) is 4.74 Å². The Morgan fingerprint density at radius 1 is 0.891 bits per heavy atom. The van der Waals surface area contributed by atoms with E-state index >= 15 is 0 Å². The highest BCUT2D eigenvalue weighted by Gasteiger charge is 2.74. The molecule has 0 saturated carbocycles. The van der Waals surface area contributed by atoms with Gasteiger partial charge in [-0.2, -0.15) is 4.90 Å². The third-order valence-electron chi connectivity index (χ3n) is 7.71. The normalized spacial score (nSPS) is 25.6. The summed E-state index contributed by atoms with van der Waals surface area (Å²) in [4.78, 5) is 37.5. The molecule has 20 nitrogen and oxygen atoms in total. The molecule has 0 spiro atoms. The number of carbonyl (C=O) groups excluding carboxylic acids is 3. The van der Waals surface area contributed by atoms with Gasteiger partial charge in [-0.1, -0.05) is 12.1 Å². The van der Waals surface area contributed by atoms with Crippen molar-refractivity contribution in [2.75, 3.05) is 0 Å². The van der Waals surface area contributed by atoms with Gasteiger partial charge in [-0.3, -0.25) is 24.4 Å². The summed E-state index contributed by atoms with van der Waals surface area (Å²) < 4.78 is 24.2. The summed E-state index contributed by atoms with van der Waals surface area (Å²) >= 11 is 0. The lowest BCUT2D eigenvalue weighted by molar-refractivity contribution is -0.659. The Morgan fingerprint density at radius 2 is 1.50 bits per heavy atom. The van der Waals surface area contributed by atoms with Crippen LogP contribution in [0.25, 0.3) is 0 Å². The average molecular weight is 659 g/mol. The van der Waals surface area contributed by atoms with Gasteiger partial charge >= 0.3 is 29.6 Å². The zero-order valence-corrected chi connectivity index (χ0v) is 22.8. The molecular formula is C25H26FN3O17. The first-order valence-corrected chi connectivity index (χ1v) is 12.8. The van der Waals surface area contributed by atoms with E-state index in [1.807, 2.05) is 0 Å². The molecule has 0 aromatic heterocycles. The zero-order valence-electron chi connectivity index (χ0n) is 22.8. The van der Waals surface area contributed by atoms with Crippen LogP contribution >= 0.6 is 0 Å². The van der Waals surface area contributed by atoms with Gasteiger partial charge in [0.15, 0.2) is 6.04 Å². The monoisotopic (exact) mass is 659 g/mol. The van der Waals surface area contributed by atoms with Crippen molar-refractivity contribution in [1.82, 2.24) is 15.1 Å². The van der Waals surface area contributed by atoms with Crippen molar-refractivity contribution in [3.8, 4) is 5.75 Å². The van der Waals surface area contributed by atoms with Crippen molar-refractivity contribution >= 4 is 17.7 Å². The Morgan fingerprint density at radius 3 is 2.11 bits per heavy atom. The van der Waals surface area contributed by atoms with E-state index in [2.05, 4.69) is 4.74 Å². The van der Waals surface area contributed by atoms with Gasteiger partial charge in [-0.15, -0.1) is 0 Å². The topological polar surface area (TPSA) is 331 Å². The predicted octanol–water partition coefficient (Wildman–Crippen LogP) is -6.87. The van der Waals surface area contributed by atoms with E-state index in [1.54, 1.807) is 0 Å². The van der Waals surface area contributed by atoms with E-state index in [1.165, 1.54) is 23.5 Å². The van der Waals surface area contributed by atoms with Crippen molar-refractivity contribution in [1.29, 1.82) is 0 Å². The third kappa shape index (κ3) is 4.83. The second-order valence-electron chi connectivity index (χ2n) is 10.7. The molecule has 46 heavy (non-hydrogen) atoms. The zero-order chi connectivity index (χ0) is 34.4. The lowest BCUT2D eigenvalue weighted by atomic mass is 9.90. The first-order valence-electron chi connectivity index (χ1n) is 12.8. The number of hydrogen-bond donors (Lipinski definition) is 13. The molecule has 250 valence electrons. The van der Waals surface area contributed by atoms with Crippen LogP contribution in [-0.4, -0.2) is 130 Å². The Hall–Kier alpha value is -3.78. The van der Waals surface area contributed by atoms with Gasteiger partial charge in [-0.05, 0) is 29.8 Å². The minimum atomic E-state index is -4.20. The van der Waals surface area contributed by atoms with Crippen molar-refractivity contribution in [3.63, 3.8) is 0 Å². The molecule has 21 heteroatoms. The Bertz CT molecular complexity index is 1600. The molecule has 1 unspecified atom stereocenters. The fourth-order valence-corrected chi connectivity index (χ4v) is 5.14. The number of fused-ring (bicyclic) bond motifs is 1. The summed E-state index contributed by atoms with van der Waals surface area (Å²) in [6, 6.07) is 4.17. The van der Waals surface area contributed by atoms with E-state index in [0.717, 1.165) is 18.2 Å². The SMILES string of the molecule is O=C1NC(=O)C(O)(O)C(O)(O)C1N1Cc2c(OCc3cc(CN4C(O)(O)C(O)(O)OC(O)(O)C4(O)O)ccc3F)cccc2C1=O. The van der Waals surface area contributed by atoms with Gasteiger partial charge in [0.25, 0.3) is 23.5 Å². The largest absolute Gasteiger partial charge is 0.488 e. The van der Waals surface area contributed by atoms with E-state index < -0.39 is 89.5 Å². The third-order valence-corrected chi connectivity index (χ3v) is 7.71. The molecule has 13 N–H and O–H groups in total. The molecule has 0 bridgehead atoms. The number of piperidine rings is 1. The van der Waals surface area contributed by atoms with Crippen molar-refractivity contribution < 1.29 is 89.5 Å². The first kappa shape index (κ1) is 33.6. The van der Waals surface area contributed by atoms with Gasteiger partial charge in [0.1, 0.15) is 18.2 Å². The summed E-state index contributed by atoms with van der Waals surface area (Å²) in [6.45, 7) is -2.40. The molecule has 3 aliphatic rings. The van der Waals surface area contributed by atoms with Crippen LogP contribution in [0.1, 0.15) is 27.0 Å². The molecule has 2 aromatic rings. The maximum absolute atomic E-state index is 14.8. The highest BCUT2D eigenvalue weighted by Crippen LogP contribution is 2.42. The van der Waals surface area contributed by atoms with Crippen LogP contribution in [0.4, 0.5) is 4.39 Å². The lowest BCUT2D eigenvalue weighted by Crippen LogP contribution is -2.83. The van der Waals surface area contributed by atoms with E-state index in [0.29, 0.717) is 4.90 Å². The number of imide groups is 1. The molecule has 3 amide bonds. The Kier molecular flexibility index (Phi) is 7.56. The Labute approximate surface area is 254 Å². The number of ether oxygens (including phenoxy) is 2. The molecule has 1 atom stereocenters. The highest BCUT2D eigenvalue weighted by molar-refractivity contribution is 6.08. The molecule has 2 fully saturated rings. The van der Waals surface area contributed by atoms with Gasteiger partial charge in [0.05, 0.1) is 6.54 Å². The number of morpholine rings is 1. The van der Waals surface area contributed by atoms with Crippen LogP contribution in [0.5, 0.6) is 5.75 Å². The summed E-state index contributed by atoms with van der Waals surface area (Å²) in [7, 11) is 0. The molecule has 3 aliphatic heterocycles. The number of halogens is 1. The Balaban J connectivity index is 1.39. The van der Waals surface area contributed by atoms with Crippen LogP contribution in [0.15, 0.2) is 36.4 Å². The fraction of sp³-hybridized carbons (Fsp3) is 0.400. The molecule has 2 saturated heterocycles. The van der Waals surface area contributed by atoms with Crippen LogP contribution in [0, 0.1) is 5.82 Å². The number of nitrogens with one attached hydrogen (secondary N) is 1. The summed E-state index contributed by atoms with van der Waals surface area (Å²) in [5.74, 6) is -29.7. The average Bonchev–Trinajstić information content (AvgIpc) is 3.25. The molecular weight excluding hydrogens is 633 g/mol. The van der Waals surface area contributed by atoms with Gasteiger partial charge in [0, 0.05) is 23.2 Å². The van der Waals surface area contributed by atoms with Crippen molar-refractivity contribution in [2.24, 2.45) is 0 Å². The van der Waals surface area contributed by atoms with Crippen molar-refractivity contribution in [3.05, 3.63) is 64.5 Å². The number of nitrogens with zero attached hydrogens (tertiary/aromatic N) is 2. The van der Waals surface area contributed by atoms with Gasteiger partial charge in [0.2, 0.25) is 0 Å². The van der Waals surface area contributed by atoms with Crippen molar-refractivity contribution in [2.45, 2.75) is 61.1 Å². The van der Waals surface area contributed by atoms with E-state index in [-0.39, 0.29) is 28.0 Å². The molecule has 3 heterocycles. The first-order chi connectivity index (χ1) is 21.0. The molecule has 2 aromatic carbocycles. The summed E-state index contributed by atoms with van der Waals surface area (Å²) in [6.07, 6.45) is 0. The minimum absolute atomic E-state index is 0.0134. The summed E-state index contributed by atoms with van der Waals surface area (Å²) in [5, 5.41) is 122. The predicted molar refractivity (Wildman–Crippen MR) is 134 cm³/mol. The van der Waals surface area contributed by atoms with Crippen LogP contribution in [0.2, 0.25) is 0 Å². The second-order valence-corrected chi connectivity index (χ2v) is 10.7. The molecule has 5 rings (SSSR count). The summed E-state index contributed by atoms with van der Waals surface area (Å²) in [5.41, 5.74) is -0.686. The van der Waals surface area contributed by atoms with Gasteiger partial charge < -0.3 is 70.9 Å². The minimum Gasteiger partial charge on any atom is -0.488 e. The quantitative estimate of drug-likeness (QED) is 0.101. The maximum atomic E-state index is 14.8. The number of aliphatic hydroxyl groups is 12. The number of benzene rings is 2. The standard InChI is InChI=1S/C25H26FN3O17/c26-14-5-4-10(7-29-22(37,38)24(41,42)46-25(43,44)23(29,39)40)6-11(14)9-45-15-3-1-2-12-13(15)8-28(18(12)31)16-17(30)27-19(32)21(35,36)20(16,33)34/h1-6,16,33-44H,7-9H2,(H,27,30,32). The van der Waals surface area contributed by atoms with Crippen LogP contribution in [-0.2, 0) is 34.0 Å². The van der Waals surface area contributed by atoms with Crippen LogP contribution in [0.3, 0.4) is 0 Å². The van der Waals surface area contributed by atoms with Gasteiger partial charge in [-0.25, -0.2) is 4.39 Å². The van der Waals surface area contributed by atoms with E-state index in [9.17, 15) is 80.1 Å². The number of amides is 3. The molecule has 0 aliphatic carbocycles.